The molecule has 9 heteroatoms. The Morgan fingerprint density at radius 1 is 1.09 bits per heavy atom. The van der Waals surface area contributed by atoms with Gasteiger partial charge in [0.1, 0.15) is 5.75 Å². The molecule has 2 aromatic carbocycles. The van der Waals surface area contributed by atoms with Crippen LogP contribution < -0.4 is 15.4 Å². The predicted octanol–water partition coefficient (Wildman–Crippen LogP) is 4.59. The normalized spacial score (nSPS) is 11.4. The molecule has 3 rings (SSSR count). The van der Waals surface area contributed by atoms with Crippen LogP contribution >= 0.6 is 0 Å². The van der Waals surface area contributed by atoms with Crippen LogP contribution in [0.2, 0.25) is 0 Å². The highest BCUT2D eigenvalue weighted by Crippen LogP contribution is 2.17. The first-order valence-electron chi connectivity index (χ1n) is 10.7. The molecule has 0 bridgehead atoms. The Labute approximate surface area is 191 Å². The van der Waals surface area contributed by atoms with E-state index in [4.69, 9.17) is 4.74 Å². The summed E-state index contributed by atoms with van der Waals surface area (Å²) in [7, 11) is 0. The zero-order valence-electron chi connectivity index (χ0n) is 19.1. The molecule has 174 valence electrons. The third kappa shape index (κ3) is 5.94. The fraction of sp³-hybridized carbons (Fsp3) is 0.292. The van der Waals surface area contributed by atoms with E-state index in [-0.39, 0.29) is 18.1 Å². The molecule has 0 atom stereocenters. The quantitative estimate of drug-likeness (QED) is 0.403. The van der Waals surface area contributed by atoms with Crippen molar-refractivity contribution in [2.75, 3.05) is 11.9 Å². The Bertz CT molecular complexity index is 1160. The lowest BCUT2D eigenvalue weighted by Crippen LogP contribution is -2.36. The molecule has 3 aromatic rings. The number of aliphatic imine (C=N–C) groups is 1. The molecule has 0 spiro atoms. The summed E-state index contributed by atoms with van der Waals surface area (Å²) in [5.74, 6) is -1.86. The maximum atomic E-state index is 13.6. The summed E-state index contributed by atoms with van der Waals surface area (Å²) in [6.45, 7) is 9.34. The first-order valence-corrected chi connectivity index (χ1v) is 10.7. The van der Waals surface area contributed by atoms with Gasteiger partial charge < -0.3 is 10.1 Å². The number of hydrogen-bond acceptors (Lipinski definition) is 4. The number of aryl methyl sites for hydroxylation is 2. The minimum absolute atomic E-state index is 0.0266. The van der Waals surface area contributed by atoms with Crippen molar-refractivity contribution >= 4 is 17.6 Å². The average Bonchev–Trinajstić information content (AvgIpc) is 3.07. The van der Waals surface area contributed by atoms with Gasteiger partial charge >= 0.3 is 0 Å². The molecule has 0 saturated heterocycles. The first kappa shape index (κ1) is 23.9. The van der Waals surface area contributed by atoms with Crippen LogP contribution in [0.25, 0.3) is 0 Å². The molecule has 0 saturated carbocycles. The third-order valence-electron chi connectivity index (χ3n) is 5.07. The maximum absolute atomic E-state index is 13.6. The minimum atomic E-state index is -1.10. The molecule has 0 radical (unpaired) electrons. The highest BCUT2D eigenvalue weighted by atomic mass is 19.2. The zero-order chi connectivity index (χ0) is 24.0. The standard InChI is InChI=1S/C24H27F2N5O2/c1-5-31-16(4)20(15(3)30-31)14-27-24(28-18-8-10-19(11-9-18)33-6-2)29-23(32)17-7-12-21(25)22(26)13-17/h7-13H,5-6,14H2,1-4H3,(H2,27,28,29,32). The lowest BCUT2D eigenvalue weighted by Gasteiger charge is -2.13. The summed E-state index contributed by atoms with van der Waals surface area (Å²) in [6.07, 6.45) is 0. The number of halogens is 2. The summed E-state index contributed by atoms with van der Waals surface area (Å²) in [5, 5.41) is 10.2. The number of rotatable bonds is 7. The summed E-state index contributed by atoms with van der Waals surface area (Å²) < 4.78 is 34.2. The van der Waals surface area contributed by atoms with Gasteiger partial charge in [0.05, 0.1) is 18.8 Å². The lowest BCUT2D eigenvalue weighted by molar-refractivity contribution is 0.0976. The van der Waals surface area contributed by atoms with Crippen LogP contribution in [0.4, 0.5) is 14.5 Å². The molecule has 2 N–H and O–H groups in total. The molecular formula is C24H27F2N5O2. The molecule has 0 unspecified atom stereocenters. The van der Waals surface area contributed by atoms with Gasteiger partial charge in [-0.15, -0.1) is 0 Å². The smallest absolute Gasteiger partial charge is 0.258 e. The molecule has 7 nitrogen and oxygen atoms in total. The minimum Gasteiger partial charge on any atom is -0.494 e. The second-order valence-electron chi connectivity index (χ2n) is 7.30. The van der Waals surface area contributed by atoms with Gasteiger partial charge in [-0.1, -0.05) is 0 Å². The van der Waals surface area contributed by atoms with Crippen LogP contribution in [0.1, 0.15) is 41.2 Å². The van der Waals surface area contributed by atoms with E-state index < -0.39 is 17.5 Å². The van der Waals surface area contributed by atoms with Crippen LogP contribution in [-0.2, 0) is 13.1 Å². The van der Waals surface area contributed by atoms with Crippen molar-refractivity contribution in [3.63, 3.8) is 0 Å². The molecule has 0 aliphatic rings. The number of anilines is 1. The Morgan fingerprint density at radius 2 is 1.82 bits per heavy atom. The largest absolute Gasteiger partial charge is 0.494 e. The van der Waals surface area contributed by atoms with E-state index in [0.29, 0.717) is 18.0 Å². The van der Waals surface area contributed by atoms with Gasteiger partial charge in [-0.2, -0.15) is 5.10 Å². The van der Waals surface area contributed by atoms with Gasteiger partial charge in [0.2, 0.25) is 5.96 Å². The highest BCUT2D eigenvalue weighted by molar-refractivity contribution is 6.09. The molecule has 0 aliphatic carbocycles. The van der Waals surface area contributed by atoms with Crippen molar-refractivity contribution in [2.45, 2.75) is 40.8 Å². The topological polar surface area (TPSA) is 80.5 Å². The summed E-state index contributed by atoms with van der Waals surface area (Å²) in [4.78, 5) is 17.2. The Hall–Kier alpha value is -3.75. The van der Waals surface area contributed by atoms with Crippen LogP contribution in [0.3, 0.4) is 0 Å². The number of hydrogen-bond donors (Lipinski definition) is 2. The molecule has 33 heavy (non-hydrogen) atoms. The zero-order valence-corrected chi connectivity index (χ0v) is 19.1. The monoisotopic (exact) mass is 455 g/mol. The molecular weight excluding hydrogens is 428 g/mol. The van der Waals surface area contributed by atoms with E-state index in [1.54, 1.807) is 24.3 Å². The van der Waals surface area contributed by atoms with Crippen molar-refractivity contribution < 1.29 is 18.3 Å². The van der Waals surface area contributed by atoms with Gasteiger partial charge in [0.15, 0.2) is 11.6 Å². The van der Waals surface area contributed by atoms with Crippen molar-refractivity contribution in [1.82, 2.24) is 15.1 Å². The Morgan fingerprint density at radius 3 is 2.42 bits per heavy atom. The SMILES string of the molecule is CCOc1ccc(NC(=NCc2c(C)nn(CC)c2C)NC(=O)c2ccc(F)c(F)c2)cc1. The second-order valence-corrected chi connectivity index (χ2v) is 7.30. The number of nitrogens with zero attached hydrogens (tertiary/aromatic N) is 3. The van der Waals surface area contributed by atoms with Crippen LogP contribution in [0.5, 0.6) is 5.75 Å². The van der Waals surface area contributed by atoms with Crippen molar-refractivity contribution in [3.05, 3.63) is 76.6 Å². The Kier molecular flexibility index (Phi) is 7.76. The van der Waals surface area contributed by atoms with E-state index in [1.807, 2.05) is 32.4 Å². The third-order valence-corrected chi connectivity index (χ3v) is 5.07. The van der Waals surface area contributed by atoms with Crippen molar-refractivity contribution in [2.24, 2.45) is 4.99 Å². The summed E-state index contributed by atoms with van der Waals surface area (Å²) >= 11 is 0. The van der Waals surface area contributed by atoms with Crippen molar-refractivity contribution in [3.8, 4) is 5.75 Å². The molecule has 0 fully saturated rings. The van der Waals surface area contributed by atoms with E-state index in [0.717, 1.165) is 35.6 Å². The van der Waals surface area contributed by atoms with Crippen molar-refractivity contribution in [1.29, 1.82) is 0 Å². The molecule has 1 heterocycles. The first-order chi connectivity index (χ1) is 15.8. The van der Waals surface area contributed by atoms with Gasteiger partial charge in [0, 0.05) is 29.1 Å². The van der Waals surface area contributed by atoms with E-state index in [9.17, 15) is 13.6 Å². The highest BCUT2D eigenvalue weighted by Gasteiger charge is 2.14. The number of nitrogens with one attached hydrogen (secondary N) is 2. The number of ether oxygens (including phenoxy) is 1. The predicted molar refractivity (Wildman–Crippen MR) is 124 cm³/mol. The molecule has 1 amide bonds. The molecule has 1 aromatic heterocycles. The fourth-order valence-electron chi connectivity index (χ4n) is 3.29. The van der Waals surface area contributed by atoms with Crippen LogP contribution in [0, 0.1) is 25.5 Å². The van der Waals surface area contributed by atoms with Crippen LogP contribution in [0.15, 0.2) is 47.5 Å². The van der Waals surface area contributed by atoms with Crippen LogP contribution in [-0.4, -0.2) is 28.3 Å². The second kappa shape index (κ2) is 10.7. The number of amides is 1. The van der Waals surface area contributed by atoms with E-state index in [2.05, 4.69) is 20.7 Å². The summed E-state index contributed by atoms with van der Waals surface area (Å²) in [6, 6.07) is 10.1. The number of benzene rings is 2. The number of guanidine groups is 1. The summed E-state index contributed by atoms with van der Waals surface area (Å²) in [5.41, 5.74) is 3.43. The molecule has 0 aliphatic heterocycles. The van der Waals surface area contributed by atoms with Gasteiger partial charge in [-0.25, -0.2) is 13.8 Å². The fourth-order valence-corrected chi connectivity index (χ4v) is 3.29. The Balaban J connectivity index is 1.86. The maximum Gasteiger partial charge on any atom is 0.258 e. The number of aromatic nitrogens is 2. The number of carbonyl (C=O) groups is 1. The van der Waals surface area contributed by atoms with Gasteiger partial charge in [0.25, 0.3) is 5.91 Å². The van der Waals surface area contributed by atoms with E-state index in [1.165, 1.54) is 6.07 Å². The lowest BCUT2D eigenvalue weighted by atomic mass is 10.2. The van der Waals surface area contributed by atoms with Gasteiger partial charge in [-0.3, -0.25) is 14.8 Å². The average molecular weight is 456 g/mol. The number of carbonyl (C=O) groups excluding carboxylic acids is 1. The van der Waals surface area contributed by atoms with Gasteiger partial charge in [-0.05, 0) is 70.2 Å². The van der Waals surface area contributed by atoms with E-state index >= 15 is 0 Å².